The molecular formula is C16H21ClN2O. The van der Waals surface area contributed by atoms with E-state index in [4.69, 9.17) is 11.6 Å². The quantitative estimate of drug-likeness (QED) is 0.761. The van der Waals surface area contributed by atoms with Gasteiger partial charge in [-0.1, -0.05) is 38.3 Å². The van der Waals surface area contributed by atoms with Crippen molar-refractivity contribution in [1.82, 2.24) is 9.55 Å². The van der Waals surface area contributed by atoms with Crippen molar-refractivity contribution in [1.29, 1.82) is 0 Å². The van der Waals surface area contributed by atoms with Crippen molar-refractivity contribution < 1.29 is 0 Å². The maximum Gasteiger partial charge on any atom is 0.192 e. The van der Waals surface area contributed by atoms with E-state index in [9.17, 15) is 4.79 Å². The lowest BCUT2D eigenvalue weighted by Gasteiger charge is -2.22. The molecule has 4 heteroatoms. The largest absolute Gasteiger partial charge is 0.344 e. The van der Waals surface area contributed by atoms with Gasteiger partial charge in [-0.3, -0.25) is 4.79 Å². The summed E-state index contributed by atoms with van der Waals surface area (Å²) in [6, 6.07) is 3.97. The van der Waals surface area contributed by atoms with Crippen LogP contribution in [0.3, 0.4) is 0 Å². The molecule has 0 saturated carbocycles. The average Bonchev–Trinajstić information content (AvgIpc) is 2.38. The molecule has 0 aromatic carbocycles. The van der Waals surface area contributed by atoms with Crippen LogP contribution in [0.25, 0.3) is 10.9 Å². The first-order valence-electron chi connectivity index (χ1n) is 7.26. The number of hydrogen-bond donors (Lipinski definition) is 0. The summed E-state index contributed by atoms with van der Waals surface area (Å²) in [6.45, 7) is 6.28. The van der Waals surface area contributed by atoms with E-state index in [1.165, 1.54) is 0 Å². The molecule has 0 aliphatic heterocycles. The molecule has 0 fully saturated rings. The summed E-state index contributed by atoms with van der Waals surface area (Å²) in [5, 5.41) is 0.850. The van der Waals surface area contributed by atoms with Gasteiger partial charge < -0.3 is 4.57 Å². The van der Waals surface area contributed by atoms with Gasteiger partial charge in [-0.05, 0) is 25.8 Å². The molecule has 2 heterocycles. The van der Waals surface area contributed by atoms with Crippen molar-refractivity contribution in [3.8, 4) is 0 Å². The van der Waals surface area contributed by atoms with Crippen molar-refractivity contribution >= 4 is 22.5 Å². The maximum atomic E-state index is 12.1. The van der Waals surface area contributed by atoms with Gasteiger partial charge in [0.25, 0.3) is 0 Å². The van der Waals surface area contributed by atoms with Crippen LogP contribution in [0.2, 0.25) is 5.15 Å². The van der Waals surface area contributed by atoms with Crippen LogP contribution in [-0.2, 0) is 0 Å². The molecule has 3 nitrogen and oxygen atoms in total. The van der Waals surface area contributed by atoms with E-state index in [1.807, 2.05) is 19.2 Å². The van der Waals surface area contributed by atoms with Gasteiger partial charge in [0.1, 0.15) is 5.15 Å². The van der Waals surface area contributed by atoms with Crippen molar-refractivity contribution in [3.05, 3.63) is 39.4 Å². The zero-order valence-electron chi connectivity index (χ0n) is 12.3. The Morgan fingerprint density at radius 1 is 1.30 bits per heavy atom. The summed E-state index contributed by atoms with van der Waals surface area (Å²) in [7, 11) is 0. The van der Waals surface area contributed by atoms with Gasteiger partial charge in [-0.2, -0.15) is 0 Å². The van der Waals surface area contributed by atoms with Crippen LogP contribution >= 0.6 is 11.6 Å². The molecule has 0 aliphatic rings. The van der Waals surface area contributed by atoms with E-state index in [1.54, 1.807) is 6.07 Å². The first kappa shape index (κ1) is 15.0. The lowest BCUT2D eigenvalue weighted by atomic mass is 10.1. The topological polar surface area (TPSA) is 34.9 Å². The average molecular weight is 293 g/mol. The van der Waals surface area contributed by atoms with Crippen LogP contribution in [0.5, 0.6) is 0 Å². The fourth-order valence-corrected chi connectivity index (χ4v) is 3.09. The van der Waals surface area contributed by atoms with Crippen LogP contribution in [-0.4, -0.2) is 9.55 Å². The molecule has 0 spiro atoms. The fourth-order valence-electron chi connectivity index (χ4n) is 2.77. The Labute approximate surface area is 124 Å². The maximum absolute atomic E-state index is 12.1. The van der Waals surface area contributed by atoms with E-state index in [0.29, 0.717) is 16.6 Å². The normalized spacial score (nSPS) is 11.4. The highest BCUT2D eigenvalue weighted by Crippen LogP contribution is 2.26. The molecule has 0 radical (unpaired) electrons. The van der Waals surface area contributed by atoms with Crippen molar-refractivity contribution in [2.45, 2.75) is 52.5 Å². The Bertz CT molecular complexity index is 657. The van der Waals surface area contributed by atoms with Crippen LogP contribution < -0.4 is 5.43 Å². The Morgan fingerprint density at radius 3 is 2.55 bits per heavy atom. The second kappa shape index (κ2) is 6.40. The van der Waals surface area contributed by atoms with Gasteiger partial charge in [-0.15, -0.1) is 0 Å². The Morgan fingerprint density at radius 2 is 1.95 bits per heavy atom. The third-order valence-corrected chi connectivity index (χ3v) is 3.90. The van der Waals surface area contributed by atoms with Crippen molar-refractivity contribution in [2.24, 2.45) is 0 Å². The first-order valence-corrected chi connectivity index (χ1v) is 7.64. The van der Waals surface area contributed by atoms with Crippen LogP contribution in [0, 0.1) is 6.92 Å². The minimum Gasteiger partial charge on any atom is -0.344 e. The Hall–Kier alpha value is -1.35. The second-order valence-electron chi connectivity index (χ2n) is 5.27. The molecule has 20 heavy (non-hydrogen) atoms. The number of rotatable bonds is 5. The van der Waals surface area contributed by atoms with E-state index in [0.717, 1.165) is 36.9 Å². The van der Waals surface area contributed by atoms with Crippen LogP contribution in [0.4, 0.5) is 0 Å². The van der Waals surface area contributed by atoms with Crippen molar-refractivity contribution in [2.75, 3.05) is 0 Å². The summed E-state index contributed by atoms with van der Waals surface area (Å²) < 4.78 is 2.20. The molecule has 0 N–H and O–H groups in total. The number of fused-ring (bicyclic) bond motifs is 1. The smallest absolute Gasteiger partial charge is 0.192 e. The van der Waals surface area contributed by atoms with Crippen LogP contribution in [0.15, 0.2) is 23.1 Å². The molecule has 2 rings (SSSR count). The summed E-state index contributed by atoms with van der Waals surface area (Å²) in [5.41, 5.74) is 1.69. The predicted octanol–water partition coefficient (Wildman–Crippen LogP) is 4.50. The van der Waals surface area contributed by atoms with Gasteiger partial charge in [0.05, 0.1) is 10.9 Å². The molecule has 0 saturated heterocycles. The van der Waals surface area contributed by atoms with E-state index >= 15 is 0 Å². The number of pyridine rings is 2. The van der Waals surface area contributed by atoms with E-state index in [-0.39, 0.29) is 5.43 Å². The van der Waals surface area contributed by atoms with Gasteiger partial charge in [0.15, 0.2) is 5.43 Å². The summed E-state index contributed by atoms with van der Waals surface area (Å²) >= 11 is 6.17. The SMILES string of the molecule is CCCC(CCC)n1ccc(=O)c2c(Cl)nc(C)cc21. The van der Waals surface area contributed by atoms with Gasteiger partial charge in [0.2, 0.25) is 0 Å². The minimum absolute atomic E-state index is 0.0551. The zero-order valence-corrected chi connectivity index (χ0v) is 13.1. The highest BCUT2D eigenvalue weighted by atomic mass is 35.5. The summed E-state index contributed by atoms with van der Waals surface area (Å²) in [4.78, 5) is 16.3. The lowest BCUT2D eigenvalue weighted by Crippen LogP contribution is -2.15. The highest BCUT2D eigenvalue weighted by Gasteiger charge is 2.14. The molecule has 0 atom stereocenters. The second-order valence-corrected chi connectivity index (χ2v) is 5.63. The lowest BCUT2D eigenvalue weighted by molar-refractivity contribution is 0.435. The zero-order chi connectivity index (χ0) is 14.7. The highest BCUT2D eigenvalue weighted by molar-refractivity contribution is 6.34. The fraction of sp³-hybridized carbons (Fsp3) is 0.500. The number of halogens is 1. The molecule has 0 aliphatic carbocycles. The third-order valence-electron chi connectivity index (χ3n) is 3.63. The molecular weight excluding hydrogens is 272 g/mol. The van der Waals surface area contributed by atoms with E-state index < -0.39 is 0 Å². The first-order chi connectivity index (χ1) is 9.58. The Kier molecular flexibility index (Phi) is 4.81. The summed E-state index contributed by atoms with van der Waals surface area (Å²) in [6.07, 6.45) is 6.35. The van der Waals surface area contributed by atoms with Gasteiger partial charge in [-0.25, -0.2) is 4.98 Å². The molecule has 0 amide bonds. The Balaban J connectivity index is 2.70. The third kappa shape index (κ3) is 2.88. The minimum atomic E-state index is -0.0551. The van der Waals surface area contributed by atoms with Crippen molar-refractivity contribution in [3.63, 3.8) is 0 Å². The van der Waals surface area contributed by atoms with Gasteiger partial charge >= 0.3 is 0 Å². The number of aryl methyl sites for hydroxylation is 1. The molecule has 0 bridgehead atoms. The standard InChI is InChI=1S/C16H21ClN2O/c1-4-6-12(7-5-2)19-9-8-14(20)15-13(19)10-11(3)18-16(15)17/h8-10,12H,4-7H2,1-3H3. The molecule has 2 aromatic rings. The monoisotopic (exact) mass is 292 g/mol. The number of aromatic nitrogens is 2. The number of hydrogen-bond acceptors (Lipinski definition) is 2. The molecule has 2 aromatic heterocycles. The van der Waals surface area contributed by atoms with Gasteiger partial charge in [0, 0.05) is 24.0 Å². The summed E-state index contributed by atoms with van der Waals surface area (Å²) in [5.74, 6) is 0. The predicted molar refractivity (Wildman–Crippen MR) is 84.6 cm³/mol. The molecule has 108 valence electrons. The van der Waals surface area contributed by atoms with E-state index in [2.05, 4.69) is 23.4 Å². The number of nitrogens with zero attached hydrogens (tertiary/aromatic N) is 2. The van der Waals surface area contributed by atoms with Crippen LogP contribution in [0.1, 0.15) is 51.3 Å². The molecule has 0 unspecified atom stereocenters.